The number of rotatable bonds is 6. The summed E-state index contributed by atoms with van der Waals surface area (Å²) in [5.74, 6) is 0.319. The molecular weight excluding hydrogens is 332 g/mol. The highest BCUT2D eigenvalue weighted by molar-refractivity contribution is 6.30. The number of ether oxygens (including phenoxy) is 2. The van der Waals surface area contributed by atoms with E-state index in [4.69, 9.17) is 21.1 Å². The van der Waals surface area contributed by atoms with Crippen LogP contribution in [-0.2, 0) is 4.79 Å². The third-order valence-corrected chi connectivity index (χ3v) is 3.29. The number of hydrogen-bond acceptors (Lipinski definition) is 4. The second-order valence-electron chi connectivity index (χ2n) is 4.76. The van der Waals surface area contributed by atoms with Gasteiger partial charge in [0.1, 0.15) is 0 Å². The lowest BCUT2D eigenvalue weighted by Crippen LogP contribution is -2.42. The smallest absolute Gasteiger partial charge is 0.269 e. The molecule has 2 amide bonds. The predicted octanol–water partition coefficient (Wildman–Crippen LogP) is 2.58. The van der Waals surface area contributed by atoms with Crippen LogP contribution in [0.15, 0.2) is 48.5 Å². The average molecular weight is 349 g/mol. The van der Waals surface area contributed by atoms with Crippen LogP contribution in [0.3, 0.4) is 0 Å². The molecule has 24 heavy (non-hydrogen) atoms. The zero-order valence-electron chi connectivity index (χ0n) is 13.0. The lowest BCUT2D eigenvalue weighted by Gasteiger charge is -2.11. The number of hydrazine groups is 1. The fourth-order valence-corrected chi connectivity index (χ4v) is 2.07. The zero-order valence-corrected chi connectivity index (χ0v) is 13.8. The van der Waals surface area contributed by atoms with Crippen LogP contribution < -0.4 is 20.3 Å². The summed E-state index contributed by atoms with van der Waals surface area (Å²) in [6.07, 6.45) is 0.0773. The quantitative estimate of drug-likeness (QED) is 0.787. The maximum Gasteiger partial charge on any atom is 0.269 e. The van der Waals surface area contributed by atoms with E-state index in [1.54, 1.807) is 37.4 Å². The van der Waals surface area contributed by atoms with Crippen molar-refractivity contribution in [2.75, 3.05) is 13.7 Å². The summed E-state index contributed by atoms with van der Waals surface area (Å²) in [6, 6.07) is 13.6. The maximum absolute atomic E-state index is 11.8. The molecule has 0 bridgehead atoms. The molecule has 7 heteroatoms. The van der Waals surface area contributed by atoms with E-state index in [0.29, 0.717) is 22.1 Å². The van der Waals surface area contributed by atoms with E-state index in [-0.39, 0.29) is 18.9 Å². The van der Waals surface area contributed by atoms with Gasteiger partial charge in [0, 0.05) is 10.6 Å². The van der Waals surface area contributed by atoms with Gasteiger partial charge in [-0.15, -0.1) is 0 Å². The first-order valence-electron chi connectivity index (χ1n) is 7.20. The molecule has 2 aromatic rings. The van der Waals surface area contributed by atoms with E-state index in [9.17, 15) is 9.59 Å². The van der Waals surface area contributed by atoms with Crippen molar-refractivity contribution in [3.8, 4) is 11.5 Å². The molecule has 0 spiro atoms. The molecule has 0 aliphatic carbocycles. The van der Waals surface area contributed by atoms with Crippen molar-refractivity contribution in [2.24, 2.45) is 0 Å². The summed E-state index contributed by atoms with van der Waals surface area (Å²) in [5.41, 5.74) is 5.00. The van der Waals surface area contributed by atoms with Crippen molar-refractivity contribution in [1.29, 1.82) is 0 Å². The molecule has 0 heterocycles. The average Bonchev–Trinajstić information content (AvgIpc) is 2.60. The third kappa shape index (κ3) is 5.17. The normalized spacial score (nSPS) is 9.92. The third-order valence-electron chi connectivity index (χ3n) is 3.06. The highest BCUT2D eigenvalue weighted by atomic mass is 35.5. The standard InChI is InChI=1S/C17H17ClN2O4/c1-23-14-7-2-3-8-15(14)24-10-9-16(21)19-20-17(22)12-5-4-6-13(18)11-12/h2-8,11H,9-10H2,1H3,(H,19,21)(H,20,22). The lowest BCUT2D eigenvalue weighted by atomic mass is 10.2. The number of methoxy groups -OCH3 is 1. The molecular formula is C17H17ClN2O4. The van der Waals surface area contributed by atoms with Gasteiger partial charge in [0.15, 0.2) is 11.5 Å². The summed E-state index contributed by atoms with van der Waals surface area (Å²) in [5, 5.41) is 0.444. The summed E-state index contributed by atoms with van der Waals surface area (Å²) >= 11 is 5.81. The molecule has 0 aliphatic heterocycles. The van der Waals surface area contributed by atoms with Gasteiger partial charge in [0.2, 0.25) is 5.91 Å². The van der Waals surface area contributed by atoms with Gasteiger partial charge in [-0.05, 0) is 30.3 Å². The van der Waals surface area contributed by atoms with Crippen LogP contribution in [0.2, 0.25) is 5.02 Å². The monoisotopic (exact) mass is 348 g/mol. The van der Waals surface area contributed by atoms with Gasteiger partial charge in [-0.2, -0.15) is 0 Å². The number of amides is 2. The number of carbonyl (C=O) groups excluding carboxylic acids is 2. The van der Waals surface area contributed by atoms with Crippen molar-refractivity contribution < 1.29 is 19.1 Å². The second-order valence-corrected chi connectivity index (χ2v) is 5.20. The molecule has 2 N–H and O–H groups in total. The Morgan fingerprint density at radius 2 is 1.79 bits per heavy atom. The highest BCUT2D eigenvalue weighted by Crippen LogP contribution is 2.25. The van der Waals surface area contributed by atoms with Crippen LogP contribution in [0.4, 0.5) is 0 Å². The molecule has 0 radical (unpaired) electrons. The highest BCUT2D eigenvalue weighted by Gasteiger charge is 2.09. The van der Waals surface area contributed by atoms with Crippen LogP contribution in [-0.4, -0.2) is 25.5 Å². The summed E-state index contributed by atoms with van der Waals surface area (Å²) in [6.45, 7) is 0.152. The number of benzene rings is 2. The topological polar surface area (TPSA) is 76.7 Å². The van der Waals surface area contributed by atoms with Crippen molar-refractivity contribution >= 4 is 23.4 Å². The van der Waals surface area contributed by atoms with Crippen LogP contribution in [0.1, 0.15) is 16.8 Å². The number of para-hydroxylation sites is 2. The fourth-order valence-electron chi connectivity index (χ4n) is 1.88. The fraction of sp³-hybridized carbons (Fsp3) is 0.176. The Kier molecular flexibility index (Phi) is 6.45. The molecule has 0 saturated carbocycles. The van der Waals surface area contributed by atoms with Crippen LogP contribution >= 0.6 is 11.6 Å². The van der Waals surface area contributed by atoms with E-state index in [0.717, 1.165) is 0 Å². The molecule has 0 fully saturated rings. The van der Waals surface area contributed by atoms with Crippen molar-refractivity contribution in [1.82, 2.24) is 10.9 Å². The zero-order chi connectivity index (χ0) is 17.4. The van der Waals surface area contributed by atoms with Gasteiger partial charge in [-0.1, -0.05) is 29.8 Å². The number of carbonyl (C=O) groups is 2. The molecule has 0 atom stereocenters. The first-order chi connectivity index (χ1) is 11.6. The first kappa shape index (κ1) is 17.6. The minimum absolute atomic E-state index is 0.0773. The summed E-state index contributed by atoms with van der Waals surface area (Å²) in [7, 11) is 1.54. The Bertz CT molecular complexity index is 721. The maximum atomic E-state index is 11.8. The second kappa shape index (κ2) is 8.79. The van der Waals surface area contributed by atoms with E-state index in [1.807, 2.05) is 12.1 Å². The summed E-state index contributed by atoms with van der Waals surface area (Å²) < 4.78 is 10.6. The lowest BCUT2D eigenvalue weighted by molar-refractivity contribution is -0.122. The first-order valence-corrected chi connectivity index (χ1v) is 7.58. The molecule has 2 aromatic carbocycles. The molecule has 0 saturated heterocycles. The van der Waals surface area contributed by atoms with Gasteiger partial charge in [-0.25, -0.2) is 0 Å². The number of nitrogens with one attached hydrogen (secondary N) is 2. The Hall–Kier alpha value is -2.73. The van der Waals surface area contributed by atoms with Gasteiger partial charge in [-0.3, -0.25) is 20.4 Å². The van der Waals surface area contributed by atoms with Gasteiger partial charge in [0.25, 0.3) is 5.91 Å². The minimum atomic E-state index is -0.448. The molecule has 126 valence electrons. The molecule has 0 unspecified atom stereocenters. The minimum Gasteiger partial charge on any atom is -0.493 e. The summed E-state index contributed by atoms with van der Waals surface area (Å²) in [4.78, 5) is 23.6. The van der Waals surface area contributed by atoms with Gasteiger partial charge >= 0.3 is 0 Å². The predicted molar refractivity (Wildman–Crippen MR) is 90.2 cm³/mol. The van der Waals surface area contributed by atoms with Gasteiger partial charge < -0.3 is 9.47 Å². The molecule has 0 aromatic heterocycles. The Labute approximate surface area is 144 Å². The Morgan fingerprint density at radius 1 is 1.04 bits per heavy atom. The van der Waals surface area contributed by atoms with Gasteiger partial charge in [0.05, 0.1) is 20.1 Å². The molecule has 0 aliphatic rings. The number of hydrogen-bond donors (Lipinski definition) is 2. The van der Waals surface area contributed by atoms with E-state index < -0.39 is 5.91 Å². The Balaban J connectivity index is 1.74. The van der Waals surface area contributed by atoms with Crippen LogP contribution in [0, 0.1) is 0 Å². The van der Waals surface area contributed by atoms with E-state index in [1.165, 1.54) is 6.07 Å². The van der Waals surface area contributed by atoms with Crippen LogP contribution in [0.25, 0.3) is 0 Å². The molecule has 6 nitrogen and oxygen atoms in total. The van der Waals surface area contributed by atoms with Crippen molar-refractivity contribution in [3.05, 3.63) is 59.1 Å². The molecule has 2 rings (SSSR count). The van der Waals surface area contributed by atoms with E-state index >= 15 is 0 Å². The largest absolute Gasteiger partial charge is 0.493 e. The Morgan fingerprint density at radius 3 is 2.50 bits per heavy atom. The van der Waals surface area contributed by atoms with Crippen LogP contribution in [0.5, 0.6) is 11.5 Å². The SMILES string of the molecule is COc1ccccc1OCCC(=O)NNC(=O)c1cccc(Cl)c1. The van der Waals surface area contributed by atoms with Crippen molar-refractivity contribution in [2.45, 2.75) is 6.42 Å². The van der Waals surface area contributed by atoms with Crippen molar-refractivity contribution in [3.63, 3.8) is 0 Å². The van der Waals surface area contributed by atoms with E-state index in [2.05, 4.69) is 10.9 Å². The number of halogens is 1.